The van der Waals surface area contributed by atoms with Crippen LogP contribution in [0, 0.1) is 5.82 Å². The maximum atomic E-state index is 12.8. The summed E-state index contributed by atoms with van der Waals surface area (Å²) in [6, 6.07) is 4.19. The summed E-state index contributed by atoms with van der Waals surface area (Å²) >= 11 is 7.25. The van der Waals surface area contributed by atoms with Crippen molar-refractivity contribution in [1.29, 1.82) is 0 Å². The van der Waals surface area contributed by atoms with Crippen LogP contribution >= 0.6 is 23.4 Å². The van der Waals surface area contributed by atoms with Crippen molar-refractivity contribution in [3.05, 3.63) is 34.6 Å². The van der Waals surface area contributed by atoms with Gasteiger partial charge in [-0.25, -0.2) is 4.39 Å². The Hall–Kier alpha value is -0.290. The fourth-order valence-corrected chi connectivity index (χ4v) is 2.23. The minimum atomic E-state index is -0.734. The first-order chi connectivity index (χ1) is 7.13. The molecule has 2 N–H and O–H groups in total. The highest BCUT2D eigenvalue weighted by Gasteiger charge is 2.05. The van der Waals surface area contributed by atoms with E-state index in [2.05, 4.69) is 0 Å². The fourth-order valence-electron chi connectivity index (χ4n) is 1.01. The molecule has 0 amide bonds. The molecule has 1 aromatic rings. The molecule has 0 aromatic heterocycles. The SMILES string of the molecule is OCC(O)CSCc1cc(F)ccc1Cl. The van der Waals surface area contributed by atoms with Crippen LogP contribution in [0.5, 0.6) is 0 Å². The minimum absolute atomic E-state index is 0.260. The standard InChI is InChI=1S/C10H12ClFO2S/c11-10-2-1-8(12)3-7(10)5-15-6-9(14)4-13/h1-3,9,13-14H,4-6H2. The second kappa shape index (κ2) is 6.33. The highest BCUT2D eigenvalue weighted by Crippen LogP contribution is 2.22. The monoisotopic (exact) mass is 250 g/mol. The maximum absolute atomic E-state index is 12.8. The van der Waals surface area contributed by atoms with Crippen LogP contribution in [0.3, 0.4) is 0 Å². The first-order valence-corrected chi connectivity index (χ1v) is 5.97. The van der Waals surface area contributed by atoms with E-state index < -0.39 is 6.10 Å². The molecule has 15 heavy (non-hydrogen) atoms. The molecule has 2 nitrogen and oxygen atoms in total. The second-order valence-electron chi connectivity index (χ2n) is 3.09. The fraction of sp³-hybridized carbons (Fsp3) is 0.400. The summed E-state index contributed by atoms with van der Waals surface area (Å²) < 4.78 is 12.8. The van der Waals surface area contributed by atoms with Gasteiger partial charge in [-0.1, -0.05) is 11.6 Å². The van der Waals surface area contributed by atoms with Crippen LogP contribution in [0.25, 0.3) is 0 Å². The van der Waals surface area contributed by atoms with Crippen LogP contribution in [-0.4, -0.2) is 28.7 Å². The van der Waals surface area contributed by atoms with Crippen molar-refractivity contribution in [3.8, 4) is 0 Å². The topological polar surface area (TPSA) is 40.5 Å². The molecule has 0 saturated carbocycles. The molecule has 1 rings (SSSR count). The van der Waals surface area contributed by atoms with Gasteiger partial charge in [0.15, 0.2) is 0 Å². The lowest BCUT2D eigenvalue weighted by Gasteiger charge is -2.07. The summed E-state index contributed by atoms with van der Waals surface area (Å²) in [7, 11) is 0. The largest absolute Gasteiger partial charge is 0.394 e. The molecule has 0 fully saturated rings. The van der Waals surface area contributed by atoms with E-state index >= 15 is 0 Å². The van der Waals surface area contributed by atoms with Gasteiger partial charge in [-0.05, 0) is 23.8 Å². The van der Waals surface area contributed by atoms with Crippen molar-refractivity contribution < 1.29 is 14.6 Å². The lowest BCUT2D eigenvalue weighted by Crippen LogP contribution is -2.14. The zero-order chi connectivity index (χ0) is 11.3. The molecule has 0 spiro atoms. The summed E-state index contributed by atoms with van der Waals surface area (Å²) in [5.74, 6) is 0.606. The van der Waals surface area contributed by atoms with Gasteiger partial charge in [-0.15, -0.1) is 0 Å². The van der Waals surface area contributed by atoms with Gasteiger partial charge < -0.3 is 10.2 Å². The van der Waals surface area contributed by atoms with E-state index in [-0.39, 0.29) is 12.4 Å². The van der Waals surface area contributed by atoms with Gasteiger partial charge in [0.25, 0.3) is 0 Å². The number of benzene rings is 1. The summed E-state index contributed by atoms with van der Waals surface area (Å²) in [5.41, 5.74) is 0.701. The highest BCUT2D eigenvalue weighted by atomic mass is 35.5. The summed E-state index contributed by atoms with van der Waals surface area (Å²) in [6.07, 6.45) is -0.734. The maximum Gasteiger partial charge on any atom is 0.123 e. The Morgan fingerprint density at radius 3 is 2.87 bits per heavy atom. The number of hydrogen-bond donors (Lipinski definition) is 2. The molecule has 0 aliphatic heterocycles. The number of aliphatic hydroxyl groups is 2. The number of rotatable bonds is 5. The van der Waals surface area contributed by atoms with E-state index in [1.54, 1.807) is 0 Å². The van der Waals surface area contributed by atoms with Gasteiger partial charge in [-0.3, -0.25) is 0 Å². The minimum Gasteiger partial charge on any atom is -0.394 e. The van der Waals surface area contributed by atoms with E-state index in [0.29, 0.717) is 22.1 Å². The smallest absolute Gasteiger partial charge is 0.123 e. The first-order valence-electron chi connectivity index (χ1n) is 4.44. The Labute approximate surface area is 97.1 Å². The molecule has 1 atom stereocenters. The molecule has 1 aromatic carbocycles. The predicted octanol–water partition coefficient (Wildman–Crippen LogP) is 2.07. The molecular formula is C10H12ClFO2S. The van der Waals surface area contributed by atoms with Gasteiger partial charge in [0.2, 0.25) is 0 Å². The van der Waals surface area contributed by atoms with Crippen LogP contribution < -0.4 is 0 Å². The van der Waals surface area contributed by atoms with E-state index in [0.717, 1.165) is 0 Å². The van der Waals surface area contributed by atoms with Gasteiger partial charge in [0, 0.05) is 16.5 Å². The zero-order valence-corrected chi connectivity index (χ0v) is 9.56. The molecule has 0 aliphatic rings. The Balaban J connectivity index is 2.46. The number of thioether (sulfide) groups is 1. The average Bonchev–Trinajstić information content (AvgIpc) is 2.23. The van der Waals surface area contributed by atoms with Crippen molar-refractivity contribution in [3.63, 3.8) is 0 Å². The lowest BCUT2D eigenvalue weighted by atomic mass is 10.2. The zero-order valence-electron chi connectivity index (χ0n) is 7.99. The molecule has 5 heteroatoms. The van der Waals surface area contributed by atoms with Crippen LogP contribution in [0.4, 0.5) is 4.39 Å². The Kier molecular flexibility index (Phi) is 5.39. The van der Waals surface area contributed by atoms with E-state index in [1.807, 2.05) is 0 Å². The van der Waals surface area contributed by atoms with E-state index in [1.165, 1.54) is 30.0 Å². The Morgan fingerprint density at radius 2 is 2.20 bits per heavy atom. The predicted molar refractivity (Wildman–Crippen MR) is 60.7 cm³/mol. The molecule has 0 bridgehead atoms. The molecule has 0 radical (unpaired) electrons. The van der Waals surface area contributed by atoms with Crippen molar-refractivity contribution in [2.75, 3.05) is 12.4 Å². The van der Waals surface area contributed by atoms with Gasteiger partial charge in [0.1, 0.15) is 5.82 Å². The number of halogens is 2. The van der Waals surface area contributed by atoms with Crippen LogP contribution in [-0.2, 0) is 5.75 Å². The quantitative estimate of drug-likeness (QED) is 0.841. The number of aliphatic hydroxyl groups excluding tert-OH is 2. The van der Waals surface area contributed by atoms with Crippen molar-refractivity contribution in [2.45, 2.75) is 11.9 Å². The van der Waals surface area contributed by atoms with E-state index in [9.17, 15) is 4.39 Å². The molecule has 0 saturated heterocycles. The van der Waals surface area contributed by atoms with Crippen molar-refractivity contribution in [1.82, 2.24) is 0 Å². The second-order valence-corrected chi connectivity index (χ2v) is 4.52. The third kappa shape index (κ3) is 4.38. The number of hydrogen-bond acceptors (Lipinski definition) is 3. The molecule has 0 aliphatic carbocycles. The molecular weight excluding hydrogens is 239 g/mol. The first kappa shape index (κ1) is 12.8. The molecule has 1 unspecified atom stereocenters. The van der Waals surface area contributed by atoms with Crippen LogP contribution in [0.1, 0.15) is 5.56 Å². The summed E-state index contributed by atoms with van der Waals surface area (Å²) in [5, 5.41) is 18.2. The lowest BCUT2D eigenvalue weighted by molar-refractivity contribution is 0.113. The third-order valence-electron chi connectivity index (χ3n) is 1.79. The summed E-state index contributed by atoms with van der Waals surface area (Å²) in [6.45, 7) is -0.260. The van der Waals surface area contributed by atoms with E-state index in [4.69, 9.17) is 21.8 Å². The third-order valence-corrected chi connectivity index (χ3v) is 3.29. The average molecular weight is 251 g/mol. The van der Waals surface area contributed by atoms with Crippen LogP contribution in [0.2, 0.25) is 5.02 Å². The van der Waals surface area contributed by atoms with Crippen molar-refractivity contribution >= 4 is 23.4 Å². The van der Waals surface area contributed by atoms with Crippen LogP contribution in [0.15, 0.2) is 18.2 Å². The van der Waals surface area contributed by atoms with Crippen molar-refractivity contribution in [2.24, 2.45) is 0 Å². The highest BCUT2D eigenvalue weighted by molar-refractivity contribution is 7.98. The van der Waals surface area contributed by atoms with Gasteiger partial charge in [-0.2, -0.15) is 11.8 Å². The Bertz CT molecular complexity index is 322. The summed E-state index contributed by atoms with van der Waals surface area (Å²) in [4.78, 5) is 0. The molecule has 0 heterocycles. The Morgan fingerprint density at radius 1 is 1.47 bits per heavy atom. The van der Waals surface area contributed by atoms with Gasteiger partial charge in [0.05, 0.1) is 12.7 Å². The molecule has 84 valence electrons. The van der Waals surface area contributed by atoms with Gasteiger partial charge >= 0.3 is 0 Å². The normalized spacial score (nSPS) is 12.8.